The zero-order valence-electron chi connectivity index (χ0n) is 22.7. The van der Waals surface area contributed by atoms with Crippen LogP contribution in [0.5, 0.6) is 5.75 Å². The van der Waals surface area contributed by atoms with Crippen molar-refractivity contribution in [1.82, 2.24) is 10.2 Å². The van der Waals surface area contributed by atoms with Crippen LogP contribution in [0.4, 0.5) is 17.6 Å². The minimum Gasteiger partial charge on any atom is -0.492 e. The first-order valence-electron chi connectivity index (χ1n) is 13.0. The molecule has 214 valence electrons. The smallest absolute Gasteiger partial charge is 0.393 e. The van der Waals surface area contributed by atoms with Crippen LogP contribution in [-0.2, 0) is 4.79 Å². The maximum Gasteiger partial charge on any atom is 0.393 e. The van der Waals surface area contributed by atoms with E-state index in [4.69, 9.17) is 4.74 Å². The highest BCUT2D eigenvalue weighted by Gasteiger charge is 2.33. The van der Waals surface area contributed by atoms with Crippen molar-refractivity contribution in [3.8, 4) is 5.75 Å². The summed E-state index contributed by atoms with van der Waals surface area (Å²) in [5.74, 6) is -0.304. The first-order chi connectivity index (χ1) is 19.6. The molecule has 4 rings (SSSR count). The number of nitrogens with zero attached hydrogens (tertiary/aromatic N) is 3. The highest BCUT2D eigenvalue weighted by Crippen LogP contribution is 2.41. The van der Waals surface area contributed by atoms with Gasteiger partial charge in [-0.25, -0.2) is 0 Å². The van der Waals surface area contributed by atoms with Crippen molar-refractivity contribution in [2.75, 3.05) is 33.8 Å². The van der Waals surface area contributed by atoms with Gasteiger partial charge in [0, 0.05) is 39.7 Å². The van der Waals surface area contributed by atoms with Crippen molar-refractivity contribution in [1.29, 1.82) is 0 Å². The van der Waals surface area contributed by atoms with E-state index in [1.165, 1.54) is 17.1 Å². The number of halogens is 4. The second-order valence-corrected chi connectivity index (χ2v) is 9.58. The predicted octanol–water partition coefficient (Wildman–Crippen LogP) is 6.16. The third-order valence-electron chi connectivity index (χ3n) is 6.35. The van der Waals surface area contributed by atoms with E-state index in [0.717, 1.165) is 0 Å². The average molecular weight is 567 g/mol. The third-order valence-corrected chi connectivity index (χ3v) is 6.35. The second kappa shape index (κ2) is 13.4. The van der Waals surface area contributed by atoms with Crippen LogP contribution in [-0.4, -0.2) is 62.5 Å². The Morgan fingerprint density at radius 3 is 2.46 bits per heavy atom. The number of ether oxygens (including phenoxy) is 1. The molecule has 0 radical (unpaired) electrons. The largest absolute Gasteiger partial charge is 0.492 e. The lowest BCUT2D eigenvalue weighted by Gasteiger charge is -2.21. The highest BCUT2D eigenvalue weighted by molar-refractivity contribution is 6.25. The molecular weight excluding hydrogens is 536 g/mol. The van der Waals surface area contributed by atoms with Crippen LogP contribution < -0.4 is 10.1 Å². The van der Waals surface area contributed by atoms with Crippen LogP contribution in [0.2, 0.25) is 0 Å². The molecule has 0 bridgehead atoms. The molecule has 1 heterocycles. The molecule has 6 nitrogen and oxygen atoms in total. The molecule has 1 amide bonds. The molecule has 2 aliphatic rings. The average Bonchev–Trinajstić information content (AvgIpc) is 3.32. The summed E-state index contributed by atoms with van der Waals surface area (Å²) in [6, 6.07) is 15.2. The number of fused-ring (bicyclic) bond motifs is 1. The van der Waals surface area contributed by atoms with Crippen LogP contribution in [0.25, 0.3) is 11.1 Å². The van der Waals surface area contributed by atoms with E-state index in [1.807, 2.05) is 0 Å². The number of hydrogen-bond donors (Lipinski definition) is 1. The number of benzene rings is 2. The van der Waals surface area contributed by atoms with Gasteiger partial charge in [-0.2, -0.15) is 22.7 Å². The lowest BCUT2D eigenvalue weighted by molar-refractivity contribution is -0.124. The summed E-state index contributed by atoms with van der Waals surface area (Å²) in [6.45, 7) is 1.37. The summed E-state index contributed by atoms with van der Waals surface area (Å²) in [7, 11) is 3.35. The molecule has 0 aromatic heterocycles. The standard InChI is InChI=1S/C31H30F4N4O2/c1-39(2)28(40)9-6-16-36-17-18-41-24-13-10-22(11-14-24)29(23-12-15-27-25(19-23)30(32)38-37-27)26(20-31(33,34)35)21-7-4-3-5-8-21/h3-14,19,36H,15-18,20H2,1-2H3/b9-6+,29-26+. The van der Waals surface area contributed by atoms with Crippen molar-refractivity contribution >= 4 is 28.7 Å². The number of allylic oxidation sites excluding steroid dienone is 6. The fourth-order valence-corrected chi connectivity index (χ4v) is 4.36. The van der Waals surface area contributed by atoms with Crippen molar-refractivity contribution in [3.05, 3.63) is 101 Å². The molecule has 2 aromatic rings. The summed E-state index contributed by atoms with van der Waals surface area (Å²) in [6.07, 6.45) is 1.09. The fourth-order valence-electron chi connectivity index (χ4n) is 4.36. The van der Waals surface area contributed by atoms with Crippen LogP contribution in [0.3, 0.4) is 0 Å². The monoisotopic (exact) mass is 566 g/mol. The molecule has 1 aliphatic carbocycles. The molecular formula is C31H30F4N4O2. The lowest BCUT2D eigenvalue weighted by atomic mass is 9.84. The van der Waals surface area contributed by atoms with Gasteiger partial charge in [0.15, 0.2) is 0 Å². The van der Waals surface area contributed by atoms with E-state index in [2.05, 4.69) is 15.5 Å². The topological polar surface area (TPSA) is 66.3 Å². The van der Waals surface area contributed by atoms with E-state index in [1.54, 1.807) is 80.8 Å². The zero-order valence-corrected chi connectivity index (χ0v) is 22.7. The zero-order chi connectivity index (χ0) is 29.4. The van der Waals surface area contributed by atoms with Gasteiger partial charge in [0.2, 0.25) is 11.9 Å². The Labute approximate surface area is 236 Å². The highest BCUT2D eigenvalue weighted by atomic mass is 19.4. The van der Waals surface area contributed by atoms with Gasteiger partial charge in [0.1, 0.15) is 12.4 Å². The number of carbonyl (C=O) groups is 1. The Hall–Kier alpha value is -4.31. The van der Waals surface area contributed by atoms with Crippen LogP contribution in [0.15, 0.2) is 100 Å². The summed E-state index contributed by atoms with van der Waals surface area (Å²) in [5, 5.41) is 10.4. The molecule has 0 saturated carbocycles. The van der Waals surface area contributed by atoms with Crippen LogP contribution in [0, 0.1) is 0 Å². The second-order valence-electron chi connectivity index (χ2n) is 9.58. The molecule has 10 heteroatoms. The maximum absolute atomic E-state index is 14.3. The fraction of sp³-hybridized carbons (Fsp3) is 0.258. The van der Waals surface area contributed by atoms with Gasteiger partial charge in [-0.3, -0.25) is 4.79 Å². The SMILES string of the molecule is CN(C)C(=O)/C=C/CNCCOc1ccc(/C(C2=CCC3=NN=C(F)C3=C2)=C(/CC(F)(F)F)c2ccccc2)cc1. The quantitative estimate of drug-likeness (QED) is 0.153. The minimum absolute atomic E-state index is 0.0793. The Morgan fingerprint density at radius 2 is 1.78 bits per heavy atom. The first kappa shape index (κ1) is 29.7. The van der Waals surface area contributed by atoms with Crippen molar-refractivity contribution < 1.29 is 27.1 Å². The van der Waals surface area contributed by atoms with Gasteiger partial charge < -0.3 is 15.0 Å². The number of rotatable bonds is 11. The molecule has 0 unspecified atom stereocenters. The molecule has 0 saturated heterocycles. The molecule has 2 aromatic carbocycles. The molecule has 0 fully saturated rings. The van der Waals surface area contributed by atoms with Gasteiger partial charge in [-0.1, -0.05) is 54.6 Å². The molecule has 1 N–H and O–H groups in total. The maximum atomic E-state index is 14.3. The van der Waals surface area contributed by atoms with E-state index >= 15 is 0 Å². The van der Waals surface area contributed by atoms with Crippen molar-refractivity contribution in [3.63, 3.8) is 0 Å². The molecule has 0 spiro atoms. The molecule has 0 atom stereocenters. The lowest BCUT2D eigenvalue weighted by Crippen LogP contribution is -2.22. The van der Waals surface area contributed by atoms with Crippen molar-refractivity contribution in [2.45, 2.75) is 19.0 Å². The van der Waals surface area contributed by atoms with Gasteiger partial charge in [-0.05, 0) is 46.1 Å². The summed E-state index contributed by atoms with van der Waals surface area (Å²) in [5.41, 5.74) is 2.49. The van der Waals surface area contributed by atoms with Gasteiger partial charge >= 0.3 is 6.18 Å². The predicted molar refractivity (Wildman–Crippen MR) is 153 cm³/mol. The minimum atomic E-state index is -4.48. The molecule has 41 heavy (non-hydrogen) atoms. The number of nitrogens with one attached hydrogen (secondary N) is 1. The Balaban J connectivity index is 1.58. The Morgan fingerprint density at radius 1 is 1.05 bits per heavy atom. The summed E-state index contributed by atoms with van der Waals surface area (Å²) >= 11 is 0. The third kappa shape index (κ3) is 8.11. The van der Waals surface area contributed by atoms with Gasteiger partial charge in [0.05, 0.1) is 17.7 Å². The number of hydrogen-bond acceptors (Lipinski definition) is 5. The summed E-state index contributed by atoms with van der Waals surface area (Å²) in [4.78, 5) is 13.0. The number of alkyl halides is 3. The number of carbonyl (C=O) groups excluding carboxylic acids is 1. The van der Waals surface area contributed by atoms with Crippen molar-refractivity contribution in [2.24, 2.45) is 10.2 Å². The van der Waals surface area contributed by atoms with Crippen LogP contribution in [0.1, 0.15) is 24.0 Å². The Kier molecular flexibility index (Phi) is 9.67. The summed E-state index contributed by atoms with van der Waals surface area (Å²) < 4.78 is 61.8. The molecule has 1 aliphatic heterocycles. The van der Waals surface area contributed by atoms with Gasteiger partial charge in [-0.15, -0.1) is 5.10 Å². The number of amides is 1. The Bertz CT molecular complexity index is 1430. The van der Waals surface area contributed by atoms with E-state index in [-0.39, 0.29) is 23.5 Å². The van der Waals surface area contributed by atoms with E-state index in [0.29, 0.717) is 53.4 Å². The number of likely N-dealkylation sites (N-methyl/N-ethyl adjacent to an activating group) is 1. The normalized spacial score (nSPS) is 15.5. The van der Waals surface area contributed by atoms with Crippen LogP contribution >= 0.6 is 0 Å². The van der Waals surface area contributed by atoms with E-state index < -0.39 is 18.6 Å². The van der Waals surface area contributed by atoms with Gasteiger partial charge in [0.25, 0.3) is 0 Å². The van der Waals surface area contributed by atoms with E-state index in [9.17, 15) is 22.4 Å². The first-order valence-corrected chi connectivity index (χ1v) is 13.0.